The summed E-state index contributed by atoms with van der Waals surface area (Å²) >= 11 is 1.01. The highest BCUT2D eigenvalue weighted by Crippen LogP contribution is 2.39. The summed E-state index contributed by atoms with van der Waals surface area (Å²) in [6.07, 6.45) is 1.40. The van der Waals surface area contributed by atoms with Gasteiger partial charge in [-0.05, 0) is 55.9 Å². The van der Waals surface area contributed by atoms with Gasteiger partial charge in [0.15, 0.2) is 16.7 Å². The average Bonchev–Trinajstić information content (AvgIpc) is 2.96. The maximum absolute atomic E-state index is 13.6. The van der Waals surface area contributed by atoms with Gasteiger partial charge in [0.2, 0.25) is 0 Å². The summed E-state index contributed by atoms with van der Waals surface area (Å²) in [6, 6.07) is 10.7. The highest BCUT2D eigenvalue weighted by atomic mass is 32.2. The van der Waals surface area contributed by atoms with Crippen molar-refractivity contribution in [2.75, 3.05) is 33.3 Å². The van der Waals surface area contributed by atoms with Gasteiger partial charge in [-0.25, -0.2) is 14.6 Å². The van der Waals surface area contributed by atoms with Crippen LogP contribution in [0.25, 0.3) is 0 Å². The second-order valence-electron chi connectivity index (χ2n) is 8.83. The minimum Gasteiger partial charge on any atom is -0.493 e. The second kappa shape index (κ2) is 12.7. The number of carbonyl (C=O) groups excluding carboxylic acids is 4. The number of esters is 2. The number of anilines is 1. The zero-order valence-corrected chi connectivity index (χ0v) is 24.0. The molecule has 0 radical (unpaired) electrons. The molecule has 4 rings (SSSR count). The molecule has 41 heavy (non-hydrogen) atoms. The lowest BCUT2D eigenvalue weighted by Crippen LogP contribution is -2.50. The van der Waals surface area contributed by atoms with Gasteiger partial charge >= 0.3 is 11.9 Å². The SMILES string of the molecule is CCOC(=O)C1=C(C)N=C2SC(C(=O)Nc3ccc(C(=O)OC)cc3)=CC(=O)N2[C@H]1Cc1cccc(OC)c1OC. The molecule has 2 aliphatic heterocycles. The molecule has 0 aliphatic carbocycles. The van der Waals surface area contributed by atoms with Gasteiger partial charge in [0.1, 0.15) is 0 Å². The minimum absolute atomic E-state index is 0.118. The highest BCUT2D eigenvalue weighted by Gasteiger charge is 2.42. The maximum Gasteiger partial charge on any atom is 0.337 e. The Morgan fingerprint density at radius 2 is 1.76 bits per heavy atom. The van der Waals surface area contributed by atoms with Gasteiger partial charge < -0.3 is 24.3 Å². The fourth-order valence-electron chi connectivity index (χ4n) is 4.51. The Kier molecular flexibility index (Phi) is 9.13. The molecule has 1 atom stereocenters. The maximum atomic E-state index is 13.6. The normalized spacial score (nSPS) is 16.3. The summed E-state index contributed by atoms with van der Waals surface area (Å²) in [5.74, 6) is -1.14. The van der Waals surface area contributed by atoms with Crippen molar-refractivity contribution in [3.8, 4) is 11.5 Å². The molecule has 0 fully saturated rings. The number of methoxy groups -OCH3 is 3. The largest absolute Gasteiger partial charge is 0.493 e. The number of carbonyl (C=O) groups is 4. The van der Waals surface area contributed by atoms with Crippen LogP contribution in [0.3, 0.4) is 0 Å². The monoisotopic (exact) mass is 579 g/mol. The Balaban J connectivity index is 1.66. The van der Waals surface area contributed by atoms with Crippen molar-refractivity contribution >= 4 is 46.4 Å². The number of fused-ring (bicyclic) bond motifs is 1. The van der Waals surface area contributed by atoms with Crippen LogP contribution in [0, 0.1) is 0 Å². The Morgan fingerprint density at radius 3 is 2.39 bits per heavy atom. The third-order valence-electron chi connectivity index (χ3n) is 6.38. The number of rotatable bonds is 9. The number of benzene rings is 2. The fourth-order valence-corrected chi connectivity index (χ4v) is 5.51. The smallest absolute Gasteiger partial charge is 0.337 e. The number of hydrogen-bond acceptors (Lipinski definition) is 10. The Labute approximate surface area is 241 Å². The number of aliphatic imine (C=N–C) groups is 1. The Hall–Kier alpha value is -4.58. The summed E-state index contributed by atoms with van der Waals surface area (Å²) in [6.45, 7) is 3.51. The number of amidine groups is 1. The number of nitrogens with one attached hydrogen (secondary N) is 1. The number of nitrogens with zero attached hydrogens (tertiary/aromatic N) is 2. The van der Waals surface area contributed by atoms with Gasteiger partial charge in [-0.2, -0.15) is 0 Å². The van der Waals surface area contributed by atoms with Crippen molar-refractivity contribution in [3.63, 3.8) is 0 Å². The molecule has 12 heteroatoms. The van der Waals surface area contributed by atoms with E-state index in [1.807, 2.05) is 6.07 Å². The van der Waals surface area contributed by atoms with Gasteiger partial charge in [0, 0.05) is 23.7 Å². The summed E-state index contributed by atoms with van der Waals surface area (Å²) in [5, 5.41) is 2.97. The molecule has 2 amide bonds. The van der Waals surface area contributed by atoms with Crippen LogP contribution in [-0.4, -0.2) is 67.8 Å². The van der Waals surface area contributed by atoms with Crippen molar-refractivity contribution in [1.82, 2.24) is 4.90 Å². The number of allylic oxidation sites excluding steroid dienone is 1. The molecule has 2 heterocycles. The van der Waals surface area contributed by atoms with Gasteiger partial charge in [-0.3, -0.25) is 14.5 Å². The van der Waals surface area contributed by atoms with Crippen LogP contribution in [0.4, 0.5) is 5.69 Å². The molecule has 1 N–H and O–H groups in total. The molecule has 2 aromatic rings. The van der Waals surface area contributed by atoms with Crippen LogP contribution in [0.2, 0.25) is 0 Å². The van der Waals surface area contributed by atoms with E-state index in [0.717, 1.165) is 11.8 Å². The molecule has 0 spiro atoms. The number of ether oxygens (including phenoxy) is 4. The van der Waals surface area contributed by atoms with Gasteiger partial charge in [-0.1, -0.05) is 12.1 Å². The van der Waals surface area contributed by atoms with E-state index in [1.165, 1.54) is 44.4 Å². The van der Waals surface area contributed by atoms with E-state index in [-0.39, 0.29) is 28.7 Å². The predicted molar refractivity (Wildman–Crippen MR) is 153 cm³/mol. The van der Waals surface area contributed by atoms with E-state index in [1.54, 1.807) is 38.1 Å². The van der Waals surface area contributed by atoms with Crippen LogP contribution in [-0.2, 0) is 30.3 Å². The van der Waals surface area contributed by atoms with Crippen LogP contribution >= 0.6 is 11.8 Å². The molecular weight excluding hydrogens is 550 g/mol. The number of amides is 2. The predicted octanol–water partition coefficient (Wildman–Crippen LogP) is 3.71. The van der Waals surface area contributed by atoms with Gasteiger partial charge in [0.05, 0.1) is 55.7 Å². The van der Waals surface area contributed by atoms with Crippen LogP contribution < -0.4 is 14.8 Å². The van der Waals surface area contributed by atoms with E-state index in [9.17, 15) is 19.2 Å². The molecule has 0 saturated heterocycles. The third-order valence-corrected chi connectivity index (χ3v) is 7.37. The zero-order chi connectivity index (χ0) is 29.7. The molecule has 11 nitrogen and oxygen atoms in total. The van der Waals surface area contributed by atoms with E-state index in [0.29, 0.717) is 34.0 Å². The molecule has 0 saturated carbocycles. The first-order valence-electron chi connectivity index (χ1n) is 12.6. The minimum atomic E-state index is -0.783. The molecular formula is C29H29N3O8S. The van der Waals surface area contributed by atoms with Crippen molar-refractivity contribution in [1.29, 1.82) is 0 Å². The van der Waals surface area contributed by atoms with E-state index in [2.05, 4.69) is 15.0 Å². The lowest BCUT2D eigenvalue weighted by atomic mass is 9.94. The van der Waals surface area contributed by atoms with E-state index < -0.39 is 29.8 Å². The quantitative estimate of drug-likeness (QED) is 0.442. The van der Waals surface area contributed by atoms with Crippen molar-refractivity contribution in [3.05, 3.63) is 75.8 Å². The van der Waals surface area contributed by atoms with E-state index in [4.69, 9.17) is 14.2 Å². The summed E-state index contributed by atoms with van der Waals surface area (Å²) < 4.78 is 21.0. The fraction of sp³-hybridized carbons (Fsp3) is 0.276. The van der Waals surface area contributed by atoms with Crippen molar-refractivity contribution in [2.45, 2.75) is 26.3 Å². The Morgan fingerprint density at radius 1 is 1.02 bits per heavy atom. The zero-order valence-electron chi connectivity index (χ0n) is 23.2. The molecule has 0 aromatic heterocycles. The first kappa shape index (κ1) is 29.4. The highest BCUT2D eigenvalue weighted by molar-refractivity contribution is 8.18. The Bertz CT molecular complexity index is 1480. The van der Waals surface area contributed by atoms with Crippen LogP contribution in [0.15, 0.2) is 69.7 Å². The van der Waals surface area contributed by atoms with Crippen LogP contribution in [0.5, 0.6) is 11.5 Å². The summed E-state index contributed by atoms with van der Waals surface area (Å²) in [4.78, 5) is 57.4. The molecule has 0 unspecified atom stereocenters. The molecule has 0 bridgehead atoms. The second-order valence-corrected chi connectivity index (χ2v) is 9.84. The summed E-state index contributed by atoms with van der Waals surface area (Å²) in [7, 11) is 4.32. The van der Waals surface area contributed by atoms with Crippen LogP contribution in [0.1, 0.15) is 29.8 Å². The molecule has 2 aliphatic rings. The number of hydrogen-bond donors (Lipinski definition) is 1. The first-order valence-corrected chi connectivity index (χ1v) is 13.4. The third kappa shape index (κ3) is 6.12. The number of para-hydroxylation sites is 1. The van der Waals surface area contributed by atoms with Gasteiger partial charge in [-0.15, -0.1) is 0 Å². The lowest BCUT2D eigenvalue weighted by Gasteiger charge is -2.38. The van der Waals surface area contributed by atoms with Gasteiger partial charge in [0.25, 0.3) is 11.8 Å². The first-order chi connectivity index (χ1) is 19.7. The summed E-state index contributed by atoms with van der Waals surface area (Å²) in [5.41, 5.74) is 2.07. The topological polar surface area (TPSA) is 133 Å². The standard InChI is InChI=1S/C29H29N3O8S/c1-6-40-28(36)24-16(2)30-29-32(20(24)14-18-8-7-9-21(37-3)25(18)38-4)23(33)15-22(41-29)26(34)31-19-12-10-17(11-13-19)27(35)39-5/h7-13,15,20H,6,14H2,1-5H3,(H,31,34)/t20-/m0/s1. The van der Waals surface area contributed by atoms with E-state index >= 15 is 0 Å². The molecule has 214 valence electrons. The van der Waals surface area contributed by atoms with Crippen molar-refractivity contribution in [2.24, 2.45) is 4.99 Å². The van der Waals surface area contributed by atoms with Crippen molar-refractivity contribution < 1.29 is 38.1 Å². The average molecular weight is 580 g/mol. The lowest BCUT2D eigenvalue weighted by molar-refractivity contribution is -0.139. The number of thioether (sulfide) groups is 1. The molecule has 2 aromatic carbocycles.